The number of nitrogens with zero attached hydrogens (tertiary/aromatic N) is 4. The number of benzene rings is 1. The molecule has 1 aromatic heterocycles. The minimum atomic E-state index is -3.68. The fraction of sp³-hybridized carbons (Fsp3) is 0.400. The number of carbonyl (C=O) groups is 3. The molecule has 0 bridgehead atoms. The molecule has 3 heterocycles. The van der Waals surface area contributed by atoms with E-state index < -0.39 is 49.1 Å². The van der Waals surface area contributed by atoms with Gasteiger partial charge in [-0.2, -0.15) is 5.26 Å². The van der Waals surface area contributed by atoms with E-state index in [9.17, 15) is 32.0 Å². The van der Waals surface area contributed by atoms with Crippen LogP contribution < -0.4 is 10.9 Å². The summed E-state index contributed by atoms with van der Waals surface area (Å²) in [6, 6.07) is 8.16. The number of hydrogen-bond acceptors (Lipinski definition) is 7. The van der Waals surface area contributed by atoms with Crippen molar-refractivity contribution in [3.8, 4) is 6.07 Å². The Balaban J connectivity index is 1.27. The van der Waals surface area contributed by atoms with Gasteiger partial charge < -0.3 is 24.8 Å². The molecule has 2 aliphatic heterocycles. The second kappa shape index (κ2) is 9.49. The first-order chi connectivity index (χ1) is 18.5. The molecule has 1 aliphatic carbocycles. The minimum absolute atomic E-state index is 0.0332. The van der Waals surface area contributed by atoms with E-state index in [1.165, 1.54) is 33.7 Å². The monoisotopic (exact) mass is 557 g/mol. The summed E-state index contributed by atoms with van der Waals surface area (Å²) in [6.45, 7) is -0.168. The van der Waals surface area contributed by atoms with E-state index in [1.54, 1.807) is 6.07 Å². The summed E-state index contributed by atoms with van der Waals surface area (Å²) < 4.78 is 40.3. The molecule has 0 spiro atoms. The maximum atomic E-state index is 13.8. The largest absolute Gasteiger partial charge is 0.465 e. The van der Waals surface area contributed by atoms with Crippen LogP contribution in [0.1, 0.15) is 44.8 Å². The lowest BCUT2D eigenvalue weighted by Crippen LogP contribution is -2.60. The number of amides is 3. The van der Waals surface area contributed by atoms with Crippen molar-refractivity contribution in [2.75, 3.05) is 26.2 Å². The van der Waals surface area contributed by atoms with Crippen molar-refractivity contribution >= 4 is 27.7 Å². The molecule has 1 saturated heterocycles. The molecular formula is C25H24FN5O7S. The first kappa shape index (κ1) is 26.4. The Kier molecular flexibility index (Phi) is 6.42. The van der Waals surface area contributed by atoms with Crippen LogP contribution in [0.4, 0.5) is 9.18 Å². The number of rotatable bonds is 7. The third kappa shape index (κ3) is 4.52. The van der Waals surface area contributed by atoms with Gasteiger partial charge in [-0.25, -0.2) is 17.6 Å². The number of aromatic nitrogens is 1. The molecule has 3 amide bonds. The van der Waals surface area contributed by atoms with Crippen LogP contribution in [-0.4, -0.2) is 82.0 Å². The molecule has 3 aliphatic rings. The first-order valence-corrected chi connectivity index (χ1v) is 13.7. The first-order valence-electron chi connectivity index (χ1n) is 12.2. The lowest BCUT2D eigenvalue weighted by atomic mass is 10.1. The Morgan fingerprint density at radius 2 is 1.87 bits per heavy atom. The number of sulfone groups is 1. The second-order valence-corrected chi connectivity index (χ2v) is 12.6. The molecule has 204 valence electrons. The highest BCUT2D eigenvalue weighted by Gasteiger charge is 2.60. The molecule has 1 aromatic carbocycles. The maximum Gasteiger partial charge on any atom is 0.407 e. The Bertz CT molecular complexity index is 1600. The topological polar surface area (TPSA) is 170 Å². The van der Waals surface area contributed by atoms with Crippen molar-refractivity contribution in [2.45, 2.75) is 35.9 Å². The molecule has 2 N–H and O–H groups in total. The third-order valence-electron chi connectivity index (χ3n) is 7.57. The summed E-state index contributed by atoms with van der Waals surface area (Å²) in [5.74, 6) is -1.97. The van der Waals surface area contributed by atoms with Crippen LogP contribution in [-0.2, 0) is 22.9 Å². The van der Waals surface area contributed by atoms with Gasteiger partial charge in [0.15, 0.2) is 9.84 Å². The number of nitrogens with one attached hydrogen (secondary N) is 1. The quantitative estimate of drug-likeness (QED) is 0.497. The number of halogens is 1. The Morgan fingerprint density at radius 1 is 1.15 bits per heavy atom. The molecule has 0 radical (unpaired) electrons. The number of fused-ring (bicyclic) bond motifs is 1. The van der Waals surface area contributed by atoms with E-state index in [0.29, 0.717) is 18.4 Å². The van der Waals surface area contributed by atoms with Crippen molar-refractivity contribution in [3.63, 3.8) is 0 Å². The van der Waals surface area contributed by atoms with Crippen LogP contribution >= 0.6 is 0 Å². The third-order valence-corrected chi connectivity index (χ3v) is 10.5. The Labute approximate surface area is 222 Å². The van der Waals surface area contributed by atoms with Crippen molar-refractivity contribution in [2.24, 2.45) is 0 Å². The average Bonchev–Trinajstić information content (AvgIpc) is 3.65. The predicted molar refractivity (Wildman–Crippen MR) is 133 cm³/mol. The molecule has 2 fully saturated rings. The fourth-order valence-corrected chi connectivity index (χ4v) is 7.46. The second-order valence-electron chi connectivity index (χ2n) is 9.96. The zero-order chi connectivity index (χ0) is 28.1. The molecule has 5 rings (SSSR count). The Morgan fingerprint density at radius 3 is 2.49 bits per heavy atom. The van der Waals surface area contributed by atoms with Crippen LogP contribution in [0.15, 0.2) is 35.1 Å². The van der Waals surface area contributed by atoms with Crippen molar-refractivity contribution in [1.29, 1.82) is 5.26 Å². The molecule has 1 saturated carbocycles. The zero-order valence-electron chi connectivity index (χ0n) is 20.6. The fourth-order valence-electron chi connectivity index (χ4n) is 5.00. The van der Waals surface area contributed by atoms with E-state index in [4.69, 9.17) is 10.4 Å². The zero-order valence-corrected chi connectivity index (χ0v) is 21.4. The van der Waals surface area contributed by atoms with Gasteiger partial charge in [0.1, 0.15) is 23.1 Å². The van der Waals surface area contributed by atoms with Crippen LogP contribution in [0.5, 0.6) is 0 Å². The van der Waals surface area contributed by atoms with Gasteiger partial charge >= 0.3 is 6.09 Å². The summed E-state index contributed by atoms with van der Waals surface area (Å²) in [7, 11) is -3.68. The smallest absolute Gasteiger partial charge is 0.407 e. The molecular weight excluding hydrogens is 533 g/mol. The van der Waals surface area contributed by atoms with E-state index in [2.05, 4.69) is 5.32 Å². The lowest BCUT2D eigenvalue weighted by molar-refractivity contribution is 0.0694. The molecule has 14 heteroatoms. The van der Waals surface area contributed by atoms with Crippen LogP contribution in [0, 0.1) is 17.1 Å². The highest BCUT2D eigenvalue weighted by molar-refractivity contribution is 7.93. The molecule has 12 nitrogen and oxygen atoms in total. The summed E-state index contributed by atoms with van der Waals surface area (Å²) in [5.41, 5.74) is -0.588. The number of likely N-dealkylation sites (tertiary alicyclic amines) is 1. The highest BCUT2D eigenvalue weighted by atomic mass is 32.2. The normalized spacial score (nSPS) is 18.1. The predicted octanol–water partition coefficient (Wildman–Crippen LogP) is 0.554. The van der Waals surface area contributed by atoms with Gasteiger partial charge in [-0.05, 0) is 42.7 Å². The van der Waals surface area contributed by atoms with Gasteiger partial charge in [0.25, 0.3) is 17.4 Å². The van der Waals surface area contributed by atoms with Gasteiger partial charge in [0.2, 0.25) is 0 Å². The van der Waals surface area contributed by atoms with E-state index >= 15 is 0 Å². The van der Waals surface area contributed by atoms with Gasteiger partial charge in [-0.3, -0.25) is 14.4 Å². The molecule has 2 aromatic rings. The number of nitriles is 1. The van der Waals surface area contributed by atoms with Crippen molar-refractivity contribution in [1.82, 2.24) is 19.7 Å². The summed E-state index contributed by atoms with van der Waals surface area (Å²) in [5, 5.41) is 19.6. The molecule has 39 heavy (non-hydrogen) atoms. The van der Waals surface area contributed by atoms with E-state index in [-0.39, 0.29) is 56.1 Å². The summed E-state index contributed by atoms with van der Waals surface area (Å²) in [6.07, 6.45) is -0.425. The van der Waals surface area contributed by atoms with E-state index in [1.807, 2.05) is 0 Å². The van der Waals surface area contributed by atoms with Crippen LogP contribution in [0.2, 0.25) is 0 Å². The SMILES string of the molecule is N#Cc1ccc(CNC(=O)c2ccc3n(c2=O)CCN(CC2(S(=O)(=O)C4CN(C(=O)O)C4)CC2)C3=O)cc1F. The highest BCUT2D eigenvalue weighted by Crippen LogP contribution is 2.47. The molecule has 0 atom stereocenters. The average molecular weight is 558 g/mol. The summed E-state index contributed by atoms with van der Waals surface area (Å²) in [4.78, 5) is 52.3. The molecule has 0 unspecified atom stereocenters. The summed E-state index contributed by atoms with van der Waals surface area (Å²) >= 11 is 0. The van der Waals surface area contributed by atoms with Gasteiger partial charge in [-0.1, -0.05) is 6.07 Å². The number of hydrogen-bond donors (Lipinski definition) is 2. The van der Waals surface area contributed by atoms with Gasteiger partial charge in [0, 0.05) is 39.3 Å². The van der Waals surface area contributed by atoms with Gasteiger partial charge in [0.05, 0.1) is 15.6 Å². The lowest BCUT2D eigenvalue weighted by Gasteiger charge is -2.40. The van der Waals surface area contributed by atoms with Crippen molar-refractivity contribution < 1.29 is 32.3 Å². The number of carboxylic acid groups (broad SMARTS) is 1. The van der Waals surface area contributed by atoms with Gasteiger partial charge in [-0.15, -0.1) is 0 Å². The van der Waals surface area contributed by atoms with Crippen molar-refractivity contribution in [3.05, 3.63) is 68.9 Å². The number of pyridine rings is 1. The standard InChI is InChI=1S/C25H24FN5O7S/c26-19-9-15(1-2-16(19)10-27)11-28-21(32)18-3-4-20-23(34)29(7-8-31(20)22(18)33)14-25(5-6-25)39(37,38)17-12-30(13-17)24(35)36/h1-4,9,17H,5-8,11-14H2,(H,28,32)(H,35,36). The Hall–Kier alpha value is -4.25. The van der Waals surface area contributed by atoms with Crippen LogP contribution in [0.25, 0.3) is 0 Å². The van der Waals surface area contributed by atoms with E-state index in [0.717, 1.165) is 11.0 Å². The van der Waals surface area contributed by atoms with Crippen LogP contribution in [0.3, 0.4) is 0 Å². The number of carbonyl (C=O) groups excluding carboxylic acids is 2. The minimum Gasteiger partial charge on any atom is -0.465 e. The maximum absolute atomic E-state index is 13.8.